The Labute approximate surface area is 115 Å². The zero-order chi connectivity index (χ0) is 13.5. The normalized spacial score (nSPS) is 13.3. The van der Waals surface area contributed by atoms with Crippen molar-refractivity contribution in [3.63, 3.8) is 0 Å². The van der Waals surface area contributed by atoms with Gasteiger partial charge in [-0.05, 0) is 39.0 Å². The number of unbranched alkanes of at least 4 members (excludes halogenated alkanes) is 9. The predicted octanol–water partition coefficient (Wildman–Crippen LogP) is 5.62. The molecule has 1 atom stereocenters. The first-order chi connectivity index (χ1) is 8.77. The molecule has 108 valence electrons. The Balaban J connectivity index is 3.04. The third-order valence-corrected chi connectivity index (χ3v) is 3.38. The van der Waals surface area contributed by atoms with Crippen LogP contribution in [0.1, 0.15) is 90.9 Å². The van der Waals surface area contributed by atoms with Gasteiger partial charge in [0.05, 0.1) is 6.10 Å². The highest BCUT2D eigenvalue weighted by atomic mass is 16.3. The Morgan fingerprint density at radius 1 is 0.778 bits per heavy atom. The van der Waals surface area contributed by atoms with Gasteiger partial charge in [0.25, 0.3) is 0 Å². The van der Waals surface area contributed by atoms with Gasteiger partial charge in [-0.2, -0.15) is 0 Å². The quantitative estimate of drug-likeness (QED) is 0.334. The van der Waals surface area contributed by atoms with E-state index in [0.29, 0.717) is 0 Å². The Morgan fingerprint density at radius 3 is 1.78 bits per heavy atom. The zero-order valence-electron chi connectivity index (χ0n) is 12.7. The first kappa shape index (κ1) is 17.7. The van der Waals surface area contributed by atoms with Crippen LogP contribution in [0.4, 0.5) is 0 Å². The van der Waals surface area contributed by atoms with Crippen LogP contribution in [0.5, 0.6) is 0 Å². The molecule has 0 saturated heterocycles. The predicted molar refractivity (Wildman–Crippen MR) is 81.9 cm³/mol. The summed E-state index contributed by atoms with van der Waals surface area (Å²) in [5, 5.41) is 9.12. The highest BCUT2D eigenvalue weighted by Crippen LogP contribution is 2.09. The number of aliphatic hydroxyl groups is 1. The fraction of sp³-hybridized carbons (Fsp3) is 0.882. The average molecular weight is 254 g/mol. The zero-order valence-corrected chi connectivity index (χ0v) is 12.7. The highest BCUT2D eigenvalue weighted by Gasteiger charge is 1.94. The molecule has 0 amide bonds. The second-order valence-electron chi connectivity index (χ2n) is 5.51. The fourth-order valence-corrected chi connectivity index (χ4v) is 2.16. The molecule has 0 radical (unpaired) electrons. The fourth-order valence-electron chi connectivity index (χ4n) is 2.16. The molecule has 0 aliphatic rings. The van der Waals surface area contributed by atoms with Gasteiger partial charge in [-0.1, -0.05) is 64.0 Å². The van der Waals surface area contributed by atoms with Gasteiger partial charge >= 0.3 is 0 Å². The second-order valence-corrected chi connectivity index (χ2v) is 5.51. The van der Waals surface area contributed by atoms with Gasteiger partial charge in [0, 0.05) is 0 Å². The largest absolute Gasteiger partial charge is 0.393 e. The molecule has 18 heavy (non-hydrogen) atoms. The standard InChI is InChI=1S/C17H34O/c1-3-4-5-6-7-8-9-10-11-12-13-14-15-16-17(2)18/h9-10,17-18H,3-8,11-16H2,1-2H3. The van der Waals surface area contributed by atoms with Crippen molar-refractivity contribution in [2.24, 2.45) is 0 Å². The molecular weight excluding hydrogens is 220 g/mol. The maximum atomic E-state index is 9.12. The minimum absolute atomic E-state index is 0.113. The molecule has 1 heteroatoms. The van der Waals surface area contributed by atoms with Gasteiger partial charge in [-0.15, -0.1) is 0 Å². The Bertz CT molecular complexity index is 172. The van der Waals surface area contributed by atoms with E-state index in [4.69, 9.17) is 5.11 Å². The number of hydrogen-bond donors (Lipinski definition) is 1. The summed E-state index contributed by atoms with van der Waals surface area (Å²) in [6, 6.07) is 0. The molecule has 0 aromatic heterocycles. The number of rotatable bonds is 13. The molecule has 1 unspecified atom stereocenters. The topological polar surface area (TPSA) is 20.2 Å². The molecule has 1 nitrogen and oxygen atoms in total. The lowest BCUT2D eigenvalue weighted by Crippen LogP contribution is -1.98. The average Bonchev–Trinajstić information content (AvgIpc) is 2.34. The van der Waals surface area contributed by atoms with Crippen LogP contribution in [0.15, 0.2) is 12.2 Å². The Morgan fingerprint density at radius 2 is 1.28 bits per heavy atom. The van der Waals surface area contributed by atoms with Crippen LogP contribution in [-0.2, 0) is 0 Å². The lowest BCUT2D eigenvalue weighted by atomic mass is 10.1. The molecule has 0 aliphatic carbocycles. The van der Waals surface area contributed by atoms with E-state index in [0.717, 1.165) is 6.42 Å². The van der Waals surface area contributed by atoms with E-state index in [1.807, 2.05) is 6.92 Å². The van der Waals surface area contributed by atoms with Crippen molar-refractivity contribution in [1.82, 2.24) is 0 Å². The van der Waals surface area contributed by atoms with Crippen LogP contribution in [0.2, 0.25) is 0 Å². The summed E-state index contributed by atoms with van der Waals surface area (Å²) in [5.41, 5.74) is 0. The lowest BCUT2D eigenvalue weighted by molar-refractivity contribution is 0.180. The van der Waals surface area contributed by atoms with E-state index in [-0.39, 0.29) is 6.10 Å². The lowest BCUT2D eigenvalue weighted by Gasteiger charge is -2.02. The van der Waals surface area contributed by atoms with Crippen molar-refractivity contribution in [3.8, 4) is 0 Å². The van der Waals surface area contributed by atoms with Gasteiger partial charge in [0.15, 0.2) is 0 Å². The van der Waals surface area contributed by atoms with Crippen molar-refractivity contribution in [1.29, 1.82) is 0 Å². The first-order valence-corrected chi connectivity index (χ1v) is 8.10. The van der Waals surface area contributed by atoms with Gasteiger partial charge in [-0.3, -0.25) is 0 Å². The SMILES string of the molecule is CCCCCCCC=CCCCCCCC(C)O. The van der Waals surface area contributed by atoms with Gasteiger partial charge < -0.3 is 5.11 Å². The Kier molecular flexibility index (Phi) is 14.5. The molecule has 0 aromatic rings. The van der Waals surface area contributed by atoms with Crippen LogP contribution in [-0.4, -0.2) is 11.2 Å². The van der Waals surface area contributed by atoms with Crippen LogP contribution in [0, 0.1) is 0 Å². The van der Waals surface area contributed by atoms with Crippen LogP contribution >= 0.6 is 0 Å². The summed E-state index contributed by atoms with van der Waals surface area (Å²) >= 11 is 0. The van der Waals surface area contributed by atoms with E-state index in [2.05, 4.69) is 19.1 Å². The molecule has 0 saturated carbocycles. The third kappa shape index (κ3) is 15.7. The van der Waals surface area contributed by atoms with E-state index in [9.17, 15) is 0 Å². The maximum absolute atomic E-state index is 9.12. The van der Waals surface area contributed by atoms with Gasteiger partial charge in [0.2, 0.25) is 0 Å². The molecule has 0 heterocycles. The first-order valence-electron chi connectivity index (χ1n) is 8.10. The molecule has 0 aliphatic heterocycles. The molecule has 1 N–H and O–H groups in total. The molecule has 0 fully saturated rings. The monoisotopic (exact) mass is 254 g/mol. The molecular formula is C17H34O. The maximum Gasteiger partial charge on any atom is 0.0512 e. The minimum Gasteiger partial charge on any atom is -0.393 e. The number of allylic oxidation sites excluding steroid dienone is 2. The van der Waals surface area contributed by atoms with Crippen LogP contribution in [0.25, 0.3) is 0 Å². The van der Waals surface area contributed by atoms with Crippen molar-refractivity contribution in [2.75, 3.05) is 0 Å². The Hall–Kier alpha value is -0.300. The van der Waals surface area contributed by atoms with Crippen LogP contribution in [0.3, 0.4) is 0 Å². The van der Waals surface area contributed by atoms with E-state index < -0.39 is 0 Å². The van der Waals surface area contributed by atoms with E-state index in [1.165, 1.54) is 70.6 Å². The summed E-state index contributed by atoms with van der Waals surface area (Å²) in [5.74, 6) is 0. The summed E-state index contributed by atoms with van der Waals surface area (Å²) in [7, 11) is 0. The second kappa shape index (κ2) is 14.8. The van der Waals surface area contributed by atoms with Crippen molar-refractivity contribution < 1.29 is 5.11 Å². The number of hydrogen-bond acceptors (Lipinski definition) is 1. The van der Waals surface area contributed by atoms with E-state index >= 15 is 0 Å². The molecule has 0 bridgehead atoms. The van der Waals surface area contributed by atoms with Crippen molar-refractivity contribution in [3.05, 3.63) is 12.2 Å². The van der Waals surface area contributed by atoms with Crippen molar-refractivity contribution in [2.45, 2.75) is 97.0 Å². The van der Waals surface area contributed by atoms with Crippen LogP contribution < -0.4 is 0 Å². The number of aliphatic hydroxyl groups excluding tert-OH is 1. The smallest absolute Gasteiger partial charge is 0.0512 e. The summed E-state index contributed by atoms with van der Waals surface area (Å²) in [6.07, 6.45) is 20.1. The van der Waals surface area contributed by atoms with Gasteiger partial charge in [-0.25, -0.2) is 0 Å². The molecule has 0 rings (SSSR count). The summed E-state index contributed by atoms with van der Waals surface area (Å²) < 4.78 is 0. The van der Waals surface area contributed by atoms with Crippen molar-refractivity contribution >= 4 is 0 Å². The van der Waals surface area contributed by atoms with Gasteiger partial charge in [0.1, 0.15) is 0 Å². The minimum atomic E-state index is -0.113. The summed E-state index contributed by atoms with van der Waals surface area (Å²) in [6.45, 7) is 4.14. The summed E-state index contributed by atoms with van der Waals surface area (Å²) in [4.78, 5) is 0. The van der Waals surface area contributed by atoms with E-state index in [1.54, 1.807) is 0 Å². The molecule has 0 aromatic carbocycles. The molecule has 0 spiro atoms. The third-order valence-electron chi connectivity index (χ3n) is 3.38. The highest BCUT2D eigenvalue weighted by molar-refractivity contribution is 4.81.